The molecule has 1 amide bonds. The highest BCUT2D eigenvalue weighted by molar-refractivity contribution is 5.94. The molecule has 1 N–H and O–H groups in total. The minimum Gasteiger partial charge on any atom is -0.465 e. The first-order valence-electron chi connectivity index (χ1n) is 5.89. The van der Waals surface area contributed by atoms with Gasteiger partial charge in [-0.2, -0.15) is 0 Å². The second-order valence-electron chi connectivity index (χ2n) is 3.67. The fourth-order valence-electron chi connectivity index (χ4n) is 1.39. The van der Waals surface area contributed by atoms with Gasteiger partial charge in [0, 0.05) is 12.1 Å². The summed E-state index contributed by atoms with van der Waals surface area (Å²) in [5.41, 5.74) is 0.214. The summed E-state index contributed by atoms with van der Waals surface area (Å²) >= 11 is 0. The molecule has 1 aromatic carbocycles. The molecule has 106 valence electrons. The highest BCUT2D eigenvalue weighted by atomic mass is 16.6. The number of hydrogen-bond acceptors (Lipinski definition) is 5. The molecular weight excluding hydrogens is 264 g/mol. The topological polar surface area (TPSA) is 98.5 Å². The van der Waals surface area contributed by atoms with Gasteiger partial charge in [-0.1, -0.05) is 12.1 Å². The van der Waals surface area contributed by atoms with Gasteiger partial charge in [0.2, 0.25) is 5.91 Å². The van der Waals surface area contributed by atoms with Crippen LogP contribution < -0.4 is 5.32 Å². The number of hydrogen-bond donors (Lipinski definition) is 1. The zero-order valence-corrected chi connectivity index (χ0v) is 10.9. The number of amides is 1. The van der Waals surface area contributed by atoms with Crippen LogP contribution in [-0.2, 0) is 14.3 Å². The molecule has 0 saturated carbocycles. The molecule has 7 nitrogen and oxygen atoms in total. The van der Waals surface area contributed by atoms with Gasteiger partial charge in [-0.3, -0.25) is 19.7 Å². The molecular formula is C13H14N2O5. The Morgan fingerprint density at radius 1 is 1.40 bits per heavy atom. The van der Waals surface area contributed by atoms with Crippen molar-refractivity contribution in [1.29, 1.82) is 0 Å². The van der Waals surface area contributed by atoms with Crippen molar-refractivity contribution in [3.8, 4) is 0 Å². The van der Waals surface area contributed by atoms with Crippen molar-refractivity contribution in [2.24, 2.45) is 0 Å². The first kappa shape index (κ1) is 15.4. The summed E-state index contributed by atoms with van der Waals surface area (Å²) in [6, 6.07) is 6.03. The van der Waals surface area contributed by atoms with Crippen LogP contribution in [0.5, 0.6) is 0 Å². The molecule has 0 aliphatic heterocycles. The van der Waals surface area contributed by atoms with E-state index in [0.717, 1.165) is 6.08 Å². The maximum absolute atomic E-state index is 11.4. The summed E-state index contributed by atoms with van der Waals surface area (Å²) in [6.07, 6.45) is 2.44. The summed E-state index contributed by atoms with van der Waals surface area (Å²) in [5, 5.41) is 13.1. The van der Waals surface area contributed by atoms with E-state index in [-0.39, 0.29) is 18.8 Å². The Kier molecular flexibility index (Phi) is 5.89. The molecule has 0 unspecified atom stereocenters. The van der Waals surface area contributed by atoms with Gasteiger partial charge < -0.3 is 10.1 Å². The number of carbonyl (C=O) groups excluding carboxylic acids is 2. The van der Waals surface area contributed by atoms with Crippen molar-refractivity contribution in [1.82, 2.24) is 5.32 Å². The van der Waals surface area contributed by atoms with Crippen LogP contribution in [0.1, 0.15) is 12.5 Å². The van der Waals surface area contributed by atoms with Crippen molar-refractivity contribution >= 4 is 23.6 Å². The minimum atomic E-state index is -0.542. The minimum absolute atomic E-state index is 0.0954. The van der Waals surface area contributed by atoms with E-state index in [0.29, 0.717) is 5.56 Å². The summed E-state index contributed by atoms with van der Waals surface area (Å²) in [5.74, 6) is -1.07. The predicted molar refractivity (Wildman–Crippen MR) is 71.8 cm³/mol. The normalized spacial score (nSPS) is 10.2. The lowest BCUT2D eigenvalue weighted by molar-refractivity contribution is -0.385. The molecule has 1 aromatic rings. The third kappa shape index (κ3) is 4.89. The van der Waals surface area contributed by atoms with Gasteiger partial charge in [0.25, 0.3) is 5.69 Å². The molecule has 0 aliphatic carbocycles. The van der Waals surface area contributed by atoms with Crippen LogP contribution in [-0.4, -0.2) is 30.0 Å². The largest absolute Gasteiger partial charge is 0.465 e. The number of esters is 1. The number of nitro benzene ring substituents is 1. The van der Waals surface area contributed by atoms with Crippen molar-refractivity contribution in [2.45, 2.75) is 6.92 Å². The van der Waals surface area contributed by atoms with Crippen LogP contribution in [0.2, 0.25) is 0 Å². The number of ether oxygens (including phenoxy) is 1. The lowest BCUT2D eigenvalue weighted by Gasteiger charge is -2.02. The Balaban J connectivity index is 2.62. The number of nitrogens with zero attached hydrogens (tertiary/aromatic N) is 1. The van der Waals surface area contributed by atoms with E-state index in [1.54, 1.807) is 13.0 Å². The second-order valence-corrected chi connectivity index (χ2v) is 3.67. The molecule has 7 heteroatoms. The number of rotatable bonds is 6. The molecule has 0 aliphatic rings. The molecule has 0 spiro atoms. The molecule has 0 fully saturated rings. The van der Waals surface area contributed by atoms with E-state index in [1.807, 2.05) is 0 Å². The lowest BCUT2D eigenvalue weighted by Crippen LogP contribution is -2.29. The Morgan fingerprint density at radius 2 is 2.10 bits per heavy atom. The molecule has 0 saturated heterocycles. The summed E-state index contributed by atoms with van der Waals surface area (Å²) in [6.45, 7) is 1.66. The zero-order valence-electron chi connectivity index (χ0n) is 10.9. The number of carbonyl (C=O) groups is 2. The molecule has 20 heavy (non-hydrogen) atoms. The average Bonchev–Trinajstić information content (AvgIpc) is 2.43. The van der Waals surface area contributed by atoms with Crippen molar-refractivity contribution < 1.29 is 19.2 Å². The molecule has 0 radical (unpaired) electrons. The van der Waals surface area contributed by atoms with Crippen LogP contribution in [0.3, 0.4) is 0 Å². The fourth-order valence-corrected chi connectivity index (χ4v) is 1.39. The summed E-state index contributed by atoms with van der Waals surface area (Å²) in [4.78, 5) is 32.7. The second kappa shape index (κ2) is 7.67. The smallest absolute Gasteiger partial charge is 0.325 e. The molecule has 0 atom stereocenters. The lowest BCUT2D eigenvalue weighted by atomic mass is 10.1. The highest BCUT2D eigenvalue weighted by Crippen LogP contribution is 2.18. The van der Waals surface area contributed by atoms with Gasteiger partial charge in [-0.15, -0.1) is 0 Å². The highest BCUT2D eigenvalue weighted by Gasteiger charge is 2.10. The summed E-state index contributed by atoms with van der Waals surface area (Å²) in [7, 11) is 0. The van der Waals surface area contributed by atoms with E-state index in [4.69, 9.17) is 0 Å². The van der Waals surface area contributed by atoms with E-state index < -0.39 is 16.8 Å². The predicted octanol–water partition coefficient (Wildman–Crippen LogP) is 1.29. The van der Waals surface area contributed by atoms with Gasteiger partial charge in [0.1, 0.15) is 6.54 Å². The van der Waals surface area contributed by atoms with E-state index in [1.165, 1.54) is 24.3 Å². The first-order valence-corrected chi connectivity index (χ1v) is 5.89. The van der Waals surface area contributed by atoms with Crippen LogP contribution in [0.15, 0.2) is 30.3 Å². The zero-order chi connectivity index (χ0) is 15.0. The van der Waals surface area contributed by atoms with Crippen LogP contribution in [0.25, 0.3) is 6.08 Å². The maximum atomic E-state index is 11.4. The van der Waals surface area contributed by atoms with E-state index >= 15 is 0 Å². The van der Waals surface area contributed by atoms with Gasteiger partial charge >= 0.3 is 5.97 Å². The first-order chi connectivity index (χ1) is 9.54. The standard InChI is InChI=1S/C13H14N2O5/c1-2-20-13(17)9-14-12(16)8-7-10-5-3-4-6-11(10)15(18)19/h3-8H,2,9H2,1H3,(H,14,16)/b8-7+. The van der Waals surface area contributed by atoms with Crippen molar-refractivity contribution in [3.63, 3.8) is 0 Å². The Morgan fingerprint density at radius 3 is 2.75 bits per heavy atom. The number of para-hydroxylation sites is 1. The Bertz CT molecular complexity index is 539. The third-order valence-corrected chi connectivity index (χ3v) is 2.26. The van der Waals surface area contributed by atoms with Gasteiger partial charge in [0.15, 0.2) is 0 Å². The monoisotopic (exact) mass is 278 g/mol. The van der Waals surface area contributed by atoms with Crippen molar-refractivity contribution in [2.75, 3.05) is 13.2 Å². The Hall–Kier alpha value is -2.70. The van der Waals surface area contributed by atoms with Crippen LogP contribution in [0, 0.1) is 10.1 Å². The van der Waals surface area contributed by atoms with Crippen LogP contribution >= 0.6 is 0 Å². The average molecular weight is 278 g/mol. The molecule has 0 bridgehead atoms. The van der Waals surface area contributed by atoms with E-state index in [9.17, 15) is 19.7 Å². The SMILES string of the molecule is CCOC(=O)CNC(=O)/C=C/c1ccccc1[N+](=O)[O-]. The van der Waals surface area contributed by atoms with E-state index in [2.05, 4.69) is 10.1 Å². The Labute approximate surface area is 115 Å². The fraction of sp³-hybridized carbons (Fsp3) is 0.231. The summed E-state index contributed by atoms with van der Waals surface area (Å²) < 4.78 is 4.64. The van der Waals surface area contributed by atoms with Crippen LogP contribution in [0.4, 0.5) is 5.69 Å². The number of nitro groups is 1. The van der Waals surface area contributed by atoms with Gasteiger partial charge in [-0.25, -0.2) is 0 Å². The molecule has 0 aromatic heterocycles. The third-order valence-electron chi connectivity index (χ3n) is 2.26. The number of benzene rings is 1. The number of nitrogens with one attached hydrogen (secondary N) is 1. The molecule has 0 heterocycles. The maximum Gasteiger partial charge on any atom is 0.325 e. The quantitative estimate of drug-likeness (QED) is 0.366. The molecule has 1 rings (SSSR count). The van der Waals surface area contributed by atoms with Crippen molar-refractivity contribution in [3.05, 3.63) is 46.0 Å². The van der Waals surface area contributed by atoms with Gasteiger partial charge in [0.05, 0.1) is 17.1 Å². The van der Waals surface area contributed by atoms with Gasteiger partial charge in [-0.05, 0) is 19.1 Å².